The standard InChI is InChI=1S/C20H20F4O3/c21-19(22)11-18(26-13-16-9-5-2-6-10-16)27-17(20(19,23)24)14-25-12-15-7-3-1-4-8-15/h1-10,17-18H,11-14H2/t17-,18?/m1/s1. The van der Waals surface area contributed by atoms with E-state index in [1.54, 1.807) is 60.7 Å². The molecule has 7 heteroatoms. The van der Waals surface area contributed by atoms with E-state index in [1.807, 2.05) is 0 Å². The first-order valence-electron chi connectivity index (χ1n) is 8.57. The Balaban J connectivity index is 1.60. The van der Waals surface area contributed by atoms with Crippen LogP contribution < -0.4 is 0 Å². The Labute approximate surface area is 154 Å². The predicted molar refractivity (Wildman–Crippen MR) is 90.5 cm³/mol. The van der Waals surface area contributed by atoms with Gasteiger partial charge >= 0.3 is 11.8 Å². The molecule has 0 saturated carbocycles. The van der Waals surface area contributed by atoms with Gasteiger partial charge in [-0.25, -0.2) is 0 Å². The average molecular weight is 384 g/mol. The lowest BCUT2D eigenvalue weighted by Crippen LogP contribution is -2.59. The number of alkyl halides is 4. The van der Waals surface area contributed by atoms with Crippen LogP contribution in [0, 0.1) is 0 Å². The molecule has 0 aromatic heterocycles. The molecule has 1 heterocycles. The lowest BCUT2D eigenvalue weighted by molar-refractivity contribution is -0.359. The minimum absolute atomic E-state index is 0.00918. The van der Waals surface area contributed by atoms with E-state index in [0.29, 0.717) is 0 Å². The third-order valence-corrected chi connectivity index (χ3v) is 4.29. The summed E-state index contributed by atoms with van der Waals surface area (Å²) in [6.45, 7) is -0.647. The lowest BCUT2D eigenvalue weighted by Gasteiger charge is -2.41. The second-order valence-electron chi connectivity index (χ2n) is 6.38. The zero-order valence-electron chi connectivity index (χ0n) is 14.5. The van der Waals surface area contributed by atoms with Crippen molar-refractivity contribution in [2.24, 2.45) is 0 Å². The van der Waals surface area contributed by atoms with E-state index in [0.717, 1.165) is 11.1 Å². The highest BCUT2D eigenvalue weighted by Crippen LogP contribution is 2.46. The minimum Gasteiger partial charge on any atom is -0.374 e. The molecule has 0 radical (unpaired) electrons. The second-order valence-corrected chi connectivity index (χ2v) is 6.38. The molecule has 0 N–H and O–H groups in total. The lowest BCUT2D eigenvalue weighted by atomic mass is 9.99. The summed E-state index contributed by atoms with van der Waals surface area (Å²) in [6, 6.07) is 17.7. The van der Waals surface area contributed by atoms with E-state index in [4.69, 9.17) is 14.2 Å². The molecule has 1 aliphatic rings. The summed E-state index contributed by atoms with van der Waals surface area (Å²) in [5.41, 5.74) is 1.49. The second kappa shape index (κ2) is 8.37. The highest BCUT2D eigenvalue weighted by molar-refractivity contribution is 5.14. The Hall–Kier alpha value is -1.96. The molecule has 1 unspecified atom stereocenters. The Morgan fingerprint density at radius 1 is 0.852 bits per heavy atom. The van der Waals surface area contributed by atoms with Gasteiger partial charge in [-0.1, -0.05) is 60.7 Å². The first kappa shape index (κ1) is 19.8. The van der Waals surface area contributed by atoms with Gasteiger partial charge in [0.05, 0.1) is 26.2 Å². The van der Waals surface area contributed by atoms with Crippen molar-refractivity contribution in [3.05, 3.63) is 71.8 Å². The molecule has 146 valence electrons. The molecule has 2 aromatic rings. The van der Waals surface area contributed by atoms with E-state index in [-0.39, 0.29) is 13.2 Å². The number of rotatable bonds is 7. The molecule has 1 aliphatic heterocycles. The van der Waals surface area contributed by atoms with Gasteiger partial charge in [-0.15, -0.1) is 0 Å². The van der Waals surface area contributed by atoms with Crippen LogP contribution in [-0.4, -0.2) is 30.8 Å². The summed E-state index contributed by atoms with van der Waals surface area (Å²) in [4.78, 5) is 0. The van der Waals surface area contributed by atoms with Gasteiger partial charge in [0.15, 0.2) is 12.4 Å². The summed E-state index contributed by atoms with van der Waals surface area (Å²) in [6.07, 6.45) is -4.74. The summed E-state index contributed by atoms with van der Waals surface area (Å²) in [5, 5.41) is 0. The third-order valence-electron chi connectivity index (χ3n) is 4.29. The molecule has 3 rings (SSSR count). The fourth-order valence-electron chi connectivity index (χ4n) is 2.76. The zero-order valence-corrected chi connectivity index (χ0v) is 14.5. The van der Waals surface area contributed by atoms with Gasteiger partial charge in [-0.3, -0.25) is 0 Å². The smallest absolute Gasteiger partial charge is 0.338 e. The van der Waals surface area contributed by atoms with Gasteiger partial charge < -0.3 is 14.2 Å². The minimum atomic E-state index is -4.34. The molecule has 3 nitrogen and oxygen atoms in total. The van der Waals surface area contributed by atoms with Crippen molar-refractivity contribution in [1.29, 1.82) is 0 Å². The van der Waals surface area contributed by atoms with Crippen LogP contribution in [0.2, 0.25) is 0 Å². The van der Waals surface area contributed by atoms with Crippen molar-refractivity contribution in [3.8, 4) is 0 Å². The largest absolute Gasteiger partial charge is 0.374 e. The summed E-state index contributed by atoms with van der Waals surface area (Å²) in [7, 11) is 0. The maximum atomic E-state index is 14.1. The number of hydrogen-bond acceptors (Lipinski definition) is 3. The molecule has 0 spiro atoms. The van der Waals surface area contributed by atoms with Gasteiger partial charge in [-0.2, -0.15) is 17.6 Å². The number of ether oxygens (including phenoxy) is 3. The maximum absolute atomic E-state index is 14.1. The van der Waals surface area contributed by atoms with Gasteiger partial charge in [-0.05, 0) is 11.1 Å². The normalized spacial score (nSPS) is 23.9. The molecule has 1 saturated heterocycles. The number of benzene rings is 2. The van der Waals surface area contributed by atoms with Crippen LogP contribution in [-0.2, 0) is 27.4 Å². The quantitative estimate of drug-likeness (QED) is 0.642. The van der Waals surface area contributed by atoms with E-state index in [2.05, 4.69) is 0 Å². The first-order valence-corrected chi connectivity index (χ1v) is 8.57. The molecule has 0 aliphatic carbocycles. The predicted octanol–water partition coefficient (Wildman–Crippen LogP) is 4.81. The molecule has 2 atom stereocenters. The van der Waals surface area contributed by atoms with E-state index >= 15 is 0 Å². The van der Waals surface area contributed by atoms with Crippen LogP contribution in [0.25, 0.3) is 0 Å². The van der Waals surface area contributed by atoms with Gasteiger partial charge in [0.25, 0.3) is 0 Å². The van der Waals surface area contributed by atoms with Gasteiger partial charge in [0.2, 0.25) is 0 Å². The van der Waals surface area contributed by atoms with Crippen LogP contribution >= 0.6 is 0 Å². The van der Waals surface area contributed by atoms with Crippen molar-refractivity contribution in [2.75, 3.05) is 6.61 Å². The van der Waals surface area contributed by atoms with E-state index < -0.39 is 37.3 Å². The van der Waals surface area contributed by atoms with Crippen molar-refractivity contribution in [2.45, 2.75) is 43.9 Å². The fourth-order valence-corrected chi connectivity index (χ4v) is 2.76. The monoisotopic (exact) mass is 384 g/mol. The molecule has 27 heavy (non-hydrogen) atoms. The van der Waals surface area contributed by atoms with Gasteiger partial charge in [0, 0.05) is 0 Å². The molecular weight excluding hydrogens is 364 g/mol. The van der Waals surface area contributed by atoms with Crippen molar-refractivity contribution >= 4 is 0 Å². The molecular formula is C20H20F4O3. The Kier molecular flexibility index (Phi) is 6.14. The molecule has 0 amide bonds. The first-order chi connectivity index (χ1) is 12.9. The van der Waals surface area contributed by atoms with Crippen molar-refractivity contribution in [1.82, 2.24) is 0 Å². The SMILES string of the molecule is FC1(F)CC(OCc2ccccc2)O[C@H](COCc2ccccc2)C1(F)F. The fraction of sp³-hybridized carbons (Fsp3) is 0.400. The van der Waals surface area contributed by atoms with Crippen LogP contribution in [0.3, 0.4) is 0 Å². The molecule has 0 bridgehead atoms. The Morgan fingerprint density at radius 3 is 2.00 bits per heavy atom. The summed E-state index contributed by atoms with van der Waals surface area (Å²) < 4.78 is 71.8. The van der Waals surface area contributed by atoms with Crippen molar-refractivity contribution in [3.63, 3.8) is 0 Å². The number of halogens is 4. The topological polar surface area (TPSA) is 27.7 Å². The van der Waals surface area contributed by atoms with Crippen LogP contribution in [0.5, 0.6) is 0 Å². The van der Waals surface area contributed by atoms with Crippen LogP contribution in [0.15, 0.2) is 60.7 Å². The highest BCUT2D eigenvalue weighted by atomic mass is 19.3. The third kappa shape index (κ3) is 4.86. The maximum Gasteiger partial charge on any atom is 0.338 e. The zero-order chi connectivity index (χ0) is 19.3. The molecule has 2 aromatic carbocycles. The van der Waals surface area contributed by atoms with E-state index in [9.17, 15) is 17.6 Å². The molecule has 1 fully saturated rings. The van der Waals surface area contributed by atoms with E-state index in [1.165, 1.54) is 0 Å². The Bertz CT molecular complexity index is 710. The Morgan fingerprint density at radius 2 is 1.41 bits per heavy atom. The number of hydrogen-bond donors (Lipinski definition) is 0. The van der Waals surface area contributed by atoms with Crippen LogP contribution in [0.4, 0.5) is 17.6 Å². The summed E-state index contributed by atoms with van der Waals surface area (Å²) in [5.74, 6) is -8.58. The summed E-state index contributed by atoms with van der Waals surface area (Å²) >= 11 is 0. The highest BCUT2D eigenvalue weighted by Gasteiger charge is 2.66. The van der Waals surface area contributed by atoms with Crippen molar-refractivity contribution < 1.29 is 31.8 Å². The average Bonchev–Trinajstić information content (AvgIpc) is 2.65. The van der Waals surface area contributed by atoms with Crippen LogP contribution in [0.1, 0.15) is 17.5 Å². The van der Waals surface area contributed by atoms with Gasteiger partial charge in [0.1, 0.15) is 0 Å².